The van der Waals surface area contributed by atoms with Gasteiger partial charge in [0, 0.05) is 0 Å². The Morgan fingerprint density at radius 3 is 2.44 bits per heavy atom. The summed E-state index contributed by atoms with van der Waals surface area (Å²) in [7, 11) is 0. The van der Waals surface area contributed by atoms with Gasteiger partial charge in [0.15, 0.2) is 5.69 Å². The summed E-state index contributed by atoms with van der Waals surface area (Å²) in [5, 5.41) is 38.3. The zero-order valence-corrected chi connectivity index (χ0v) is 13.9. The summed E-state index contributed by atoms with van der Waals surface area (Å²) in [6.45, 7) is 2.41. The van der Waals surface area contributed by atoms with Crippen LogP contribution in [-0.4, -0.2) is 60.8 Å². The van der Waals surface area contributed by atoms with Crippen molar-refractivity contribution in [1.82, 2.24) is 9.55 Å². The summed E-state index contributed by atoms with van der Waals surface area (Å²) in [5.74, 6) is -1.01. The molecule has 0 aliphatic heterocycles. The first kappa shape index (κ1) is 19.0. The normalized spacial score (nSPS) is 15.1. The second kappa shape index (κ2) is 7.28. The molecular weight excluding hydrogens is 330 g/mol. The fraction of sp³-hybridized carbons (Fsp3) is 0.438. The fourth-order valence-corrected chi connectivity index (χ4v) is 2.61. The molecule has 0 aliphatic rings. The summed E-state index contributed by atoms with van der Waals surface area (Å²) in [6, 6.07) is 3.39. The highest BCUT2D eigenvalue weighted by molar-refractivity contribution is 5.93. The highest BCUT2D eigenvalue weighted by Crippen LogP contribution is 2.20. The molecule has 0 aliphatic carbocycles. The van der Waals surface area contributed by atoms with E-state index in [4.69, 9.17) is 10.8 Å². The first-order valence-corrected chi connectivity index (χ1v) is 7.64. The van der Waals surface area contributed by atoms with Crippen molar-refractivity contribution in [2.45, 2.75) is 38.7 Å². The molecule has 6 N–H and O–H groups in total. The quantitative estimate of drug-likeness (QED) is 0.410. The van der Waals surface area contributed by atoms with Crippen LogP contribution in [-0.2, 0) is 6.54 Å². The van der Waals surface area contributed by atoms with Crippen LogP contribution >= 0.6 is 0 Å². The van der Waals surface area contributed by atoms with Gasteiger partial charge in [-0.05, 0) is 31.0 Å². The molecule has 3 atom stereocenters. The Morgan fingerprint density at radius 1 is 1.24 bits per heavy atom. The number of primary amides is 1. The van der Waals surface area contributed by atoms with E-state index in [0.717, 1.165) is 10.1 Å². The van der Waals surface area contributed by atoms with Crippen LogP contribution in [0.5, 0.6) is 0 Å². The molecule has 0 fully saturated rings. The summed E-state index contributed by atoms with van der Waals surface area (Å²) in [4.78, 5) is 28.1. The monoisotopic (exact) mass is 351 g/mol. The number of amides is 1. The van der Waals surface area contributed by atoms with Gasteiger partial charge in [-0.3, -0.25) is 9.59 Å². The van der Waals surface area contributed by atoms with Gasteiger partial charge in [-0.25, -0.2) is 4.98 Å². The van der Waals surface area contributed by atoms with Crippen molar-refractivity contribution in [3.05, 3.63) is 39.3 Å². The molecule has 1 amide bonds. The predicted octanol–water partition coefficient (Wildman–Crippen LogP) is -1.81. The molecule has 25 heavy (non-hydrogen) atoms. The van der Waals surface area contributed by atoms with Crippen LogP contribution in [0.3, 0.4) is 0 Å². The lowest BCUT2D eigenvalue weighted by Crippen LogP contribution is -2.44. The fourth-order valence-electron chi connectivity index (χ4n) is 2.61. The Hall–Kier alpha value is -2.33. The number of hydrogen-bond donors (Lipinski definition) is 5. The minimum Gasteiger partial charge on any atom is -0.394 e. The van der Waals surface area contributed by atoms with Crippen molar-refractivity contribution in [3.63, 3.8) is 0 Å². The number of aryl methyl sites for hydroxylation is 2. The van der Waals surface area contributed by atoms with Crippen LogP contribution in [0, 0.1) is 13.8 Å². The summed E-state index contributed by atoms with van der Waals surface area (Å²) in [5.41, 5.74) is 6.20. The molecule has 1 heterocycles. The number of rotatable bonds is 6. The van der Waals surface area contributed by atoms with Gasteiger partial charge >= 0.3 is 0 Å². The Kier molecular flexibility index (Phi) is 5.53. The maximum Gasteiger partial charge on any atom is 0.282 e. The summed E-state index contributed by atoms with van der Waals surface area (Å²) < 4.78 is 1.10. The summed E-state index contributed by atoms with van der Waals surface area (Å²) >= 11 is 0. The highest BCUT2D eigenvalue weighted by atomic mass is 16.4. The Bertz CT molecular complexity index is 863. The van der Waals surface area contributed by atoms with E-state index in [0.29, 0.717) is 16.6 Å². The van der Waals surface area contributed by atoms with Gasteiger partial charge in [-0.2, -0.15) is 0 Å². The van der Waals surface area contributed by atoms with Crippen molar-refractivity contribution in [2.24, 2.45) is 5.73 Å². The zero-order chi connectivity index (χ0) is 18.9. The topological polar surface area (TPSA) is 159 Å². The smallest absolute Gasteiger partial charge is 0.282 e. The standard InChI is InChI=1S/C16H21N3O6/c1-7-3-4-9-13(8(7)2)19(16(25)12(18-9)15(17)24)5-10(21)14(23)11(22)6-20/h3-4,10-11,14,20-23H,5-6H2,1-2H3,(H2,17,24). The number of carbonyl (C=O) groups is 1. The number of benzene rings is 1. The van der Waals surface area contributed by atoms with Gasteiger partial charge < -0.3 is 30.7 Å². The molecule has 9 heteroatoms. The lowest BCUT2D eigenvalue weighted by molar-refractivity contribution is -0.0805. The van der Waals surface area contributed by atoms with Crippen molar-refractivity contribution < 1.29 is 25.2 Å². The average Bonchev–Trinajstić information content (AvgIpc) is 2.58. The minimum atomic E-state index is -1.68. The third-order valence-corrected chi connectivity index (χ3v) is 4.21. The molecule has 1 aromatic carbocycles. The number of aromatic nitrogens is 2. The molecule has 136 valence electrons. The molecule has 0 saturated heterocycles. The maximum absolute atomic E-state index is 12.6. The Labute approximate surface area is 143 Å². The van der Waals surface area contributed by atoms with Crippen molar-refractivity contribution in [1.29, 1.82) is 0 Å². The van der Waals surface area contributed by atoms with E-state index in [1.807, 2.05) is 6.92 Å². The van der Waals surface area contributed by atoms with Gasteiger partial charge in [0.1, 0.15) is 18.3 Å². The third kappa shape index (κ3) is 3.54. The molecule has 2 rings (SSSR count). The second-order valence-corrected chi connectivity index (χ2v) is 5.92. The van der Waals surface area contributed by atoms with E-state index in [-0.39, 0.29) is 0 Å². The second-order valence-electron chi connectivity index (χ2n) is 5.92. The SMILES string of the molecule is Cc1ccc2nc(C(N)=O)c(=O)n(CC(O)C(O)C(O)CO)c2c1C. The van der Waals surface area contributed by atoms with Gasteiger partial charge in [0.25, 0.3) is 11.5 Å². The van der Waals surface area contributed by atoms with Gasteiger partial charge in [-0.1, -0.05) is 6.07 Å². The maximum atomic E-state index is 12.6. The molecule has 0 saturated carbocycles. The van der Waals surface area contributed by atoms with E-state index >= 15 is 0 Å². The number of nitrogens with two attached hydrogens (primary N) is 1. The van der Waals surface area contributed by atoms with E-state index < -0.39 is 48.6 Å². The molecular formula is C16H21N3O6. The van der Waals surface area contributed by atoms with E-state index in [1.54, 1.807) is 19.1 Å². The molecule has 0 bridgehead atoms. The van der Waals surface area contributed by atoms with Crippen molar-refractivity contribution in [2.75, 3.05) is 6.61 Å². The van der Waals surface area contributed by atoms with Crippen molar-refractivity contribution in [3.8, 4) is 0 Å². The van der Waals surface area contributed by atoms with Crippen LogP contribution in [0.25, 0.3) is 11.0 Å². The minimum absolute atomic E-state index is 0.334. The molecule has 0 radical (unpaired) electrons. The lowest BCUT2D eigenvalue weighted by atomic mass is 10.1. The number of fused-ring (bicyclic) bond motifs is 1. The Balaban J connectivity index is 2.67. The number of aliphatic hydroxyl groups excluding tert-OH is 4. The first-order valence-electron chi connectivity index (χ1n) is 7.64. The average molecular weight is 351 g/mol. The highest BCUT2D eigenvalue weighted by Gasteiger charge is 2.26. The molecule has 9 nitrogen and oxygen atoms in total. The van der Waals surface area contributed by atoms with Crippen LogP contribution in [0.2, 0.25) is 0 Å². The Morgan fingerprint density at radius 2 is 1.88 bits per heavy atom. The number of carbonyl (C=O) groups excluding carboxylic acids is 1. The zero-order valence-electron chi connectivity index (χ0n) is 13.9. The van der Waals surface area contributed by atoms with Gasteiger partial charge in [0.05, 0.1) is 24.2 Å². The van der Waals surface area contributed by atoms with E-state index in [2.05, 4.69) is 4.98 Å². The largest absolute Gasteiger partial charge is 0.394 e. The van der Waals surface area contributed by atoms with E-state index in [1.165, 1.54) is 0 Å². The first-order chi connectivity index (χ1) is 11.7. The lowest BCUT2D eigenvalue weighted by Gasteiger charge is -2.23. The van der Waals surface area contributed by atoms with E-state index in [9.17, 15) is 24.9 Å². The number of nitrogens with zero attached hydrogens (tertiary/aromatic N) is 2. The molecule has 1 aromatic heterocycles. The number of aliphatic hydroxyl groups is 4. The van der Waals surface area contributed by atoms with Crippen LogP contribution in [0.1, 0.15) is 21.6 Å². The summed E-state index contributed by atoms with van der Waals surface area (Å²) in [6.07, 6.45) is -4.81. The molecule has 3 unspecified atom stereocenters. The number of hydrogen-bond acceptors (Lipinski definition) is 7. The van der Waals surface area contributed by atoms with Crippen LogP contribution in [0.4, 0.5) is 0 Å². The predicted molar refractivity (Wildman–Crippen MR) is 89.1 cm³/mol. The van der Waals surface area contributed by atoms with Crippen LogP contribution in [0.15, 0.2) is 16.9 Å². The van der Waals surface area contributed by atoms with Crippen LogP contribution < -0.4 is 11.3 Å². The van der Waals surface area contributed by atoms with Gasteiger partial charge in [0.2, 0.25) is 0 Å². The molecule has 2 aromatic rings. The van der Waals surface area contributed by atoms with Crippen molar-refractivity contribution >= 4 is 16.9 Å². The molecule has 0 spiro atoms. The van der Waals surface area contributed by atoms with Gasteiger partial charge in [-0.15, -0.1) is 0 Å². The third-order valence-electron chi connectivity index (χ3n) is 4.21.